The van der Waals surface area contributed by atoms with Gasteiger partial charge in [0.15, 0.2) is 0 Å². The van der Waals surface area contributed by atoms with Crippen LogP contribution in [-0.4, -0.2) is 59.2 Å². The first-order valence-electron chi connectivity index (χ1n) is 6.15. The molecule has 10 heteroatoms. The number of amides is 2. The minimum absolute atomic E-state index is 0.114. The monoisotopic (exact) mass is 326 g/mol. The molecule has 0 aromatic carbocycles. The molecule has 0 unspecified atom stereocenters. The van der Waals surface area contributed by atoms with Crippen molar-refractivity contribution < 1.29 is 32.3 Å². The zero-order valence-electron chi connectivity index (χ0n) is 11.0. The van der Waals surface area contributed by atoms with Gasteiger partial charge in [-0.3, -0.25) is 9.59 Å². The molecule has 21 heavy (non-hydrogen) atoms. The number of fused-ring (bicyclic) bond motifs is 1. The first-order chi connectivity index (χ1) is 9.75. The Morgan fingerprint density at radius 1 is 1.38 bits per heavy atom. The molecule has 6 nitrogen and oxygen atoms in total. The second-order valence-electron chi connectivity index (χ2n) is 4.67. The molecule has 2 heterocycles. The molecule has 118 valence electrons. The van der Waals surface area contributed by atoms with Gasteiger partial charge in [0.25, 0.3) is 0 Å². The molecule has 0 aromatic rings. The molecule has 2 aliphatic rings. The van der Waals surface area contributed by atoms with Crippen molar-refractivity contribution >= 4 is 29.5 Å². The smallest absolute Gasteiger partial charge is 0.467 e. The Kier molecular flexibility index (Phi) is 4.35. The SMILES string of the molecule is COC(=O)[C@@H]1CS[C@H]2CC[C@H](NC(=O)C(F)(F)F)C(=O)N21. The van der Waals surface area contributed by atoms with E-state index in [9.17, 15) is 27.6 Å². The lowest BCUT2D eigenvalue weighted by Crippen LogP contribution is -2.59. The summed E-state index contributed by atoms with van der Waals surface area (Å²) in [4.78, 5) is 36.0. The van der Waals surface area contributed by atoms with Crippen LogP contribution in [0.4, 0.5) is 13.2 Å². The van der Waals surface area contributed by atoms with E-state index in [1.54, 1.807) is 5.32 Å². The summed E-state index contributed by atoms with van der Waals surface area (Å²) in [5, 5.41) is 1.42. The minimum Gasteiger partial charge on any atom is -0.467 e. The number of thioether (sulfide) groups is 1. The molecule has 0 aromatic heterocycles. The fourth-order valence-electron chi connectivity index (χ4n) is 2.39. The van der Waals surface area contributed by atoms with Gasteiger partial charge in [-0.2, -0.15) is 13.2 Å². The van der Waals surface area contributed by atoms with Crippen LogP contribution in [0, 0.1) is 0 Å². The van der Waals surface area contributed by atoms with Crippen molar-refractivity contribution in [2.45, 2.75) is 36.5 Å². The van der Waals surface area contributed by atoms with Gasteiger partial charge in [0.2, 0.25) is 5.91 Å². The molecule has 3 atom stereocenters. The summed E-state index contributed by atoms with van der Waals surface area (Å²) in [5.41, 5.74) is 0. The summed E-state index contributed by atoms with van der Waals surface area (Å²) >= 11 is 1.38. The average Bonchev–Trinajstić information content (AvgIpc) is 2.84. The van der Waals surface area contributed by atoms with Gasteiger partial charge in [-0.05, 0) is 12.8 Å². The number of esters is 1. The second-order valence-corrected chi connectivity index (χ2v) is 5.88. The van der Waals surface area contributed by atoms with Crippen molar-refractivity contribution in [3.05, 3.63) is 0 Å². The quantitative estimate of drug-likeness (QED) is 0.737. The van der Waals surface area contributed by atoms with E-state index in [-0.39, 0.29) is 11.8 Å². The van der Waals surface area contributed by atoms with E-state index in [0.29, 0.717) is 12.2 Å². The third-order valence-corrected chi connectivity index (χ3v) is 4.74. The van der Waals surface area contributed by atoms with E-state index in [1.807, 2.05) is 0 Å². The lowest BCUT2D eigenvalue weighted by atomic mass is 10.0. The first kappa shape index (κ1) is 15.9. The standard InChI is InChI=1S/C11H13F3N2O4S/c1-20-9(18)6-4-21-7-3-2-5(8(17)16(6)7)15-10(19)11(12,13)14/h5-7H,2-4H2,1H3,(H,15,19)/t5-,6-,7-/m0/s1. The maximum absolute atomic E-state index is 12.2. The second kappa shape index (κ2) is 5.74. The van der Waals surface area contributed by atoms with Gasteiger partial charge in [0, 0.05) is 5.75 Å². The van der Waals surface area contributed by atoms with Crippen LogP contribution >= 0.6 is 11.8 Å². The van der Waals surface area contributed by atoms with Crippen LogP contribution in [0.2, 0.25) is 0 Å². The van der Waals surface area contributed by atoms with E-state index in [1.165, 1.54) is 23.8 Å². The zero-order chi connectivity index (χ0) is 15.8. The Morgan fingerprint density at radius 3 is 2.62 bits per heavy atom. The van der Waals surface area contributed by atoms with Crippen LogP contribution in [0.5, 0.6) is 0 Å². The van der Waals surface area contributed by atoms with E-state index in [0.717, 1.165) is 0 Å². The van der Waals surface area contributed by atoms with E-state index < -0.39 is 36.0 Å². The number of hydrogen-bond donors (Lipinski definition) is 1. The highest BCUT2D eigenvalue weighted by Gasteiger charge is 2.49. The van der Waals surface area contributed by atoms with Crippen molar-refractivity contribution in [1.82, 2.24) is 10.2 Å². The van der Waals surface area contributed by atoms with Gasteiger partial charge in [0.1, 0.15) is 12.1 Å². The number of halogens is 3. The number of alkyl halides is 3. The lowest BCUT2D eigenvalue weighted by molar-refractivity contribution is -0.175. The summed E-state index contributed by atoms with van der Waals surface area (Å²) in [5.74, 6) is -3.10. The molecule has 2 fully saturated rings. The predicted molar refractivity (Wildman–Crippen MR) is 66.1 cm³/mol. The molecule has 0 spiro atoms. The van der Waals surface area contributed by atoms with Crippen LogP contribution in [-0.2, 0) is 19.1 Å². The van der Waals surface area contributed by atoms with E-state index in [4.69, 9.17) is 0 Å². The van der Waals surface area contributed by atoms with Crippen LogP contribution in [0.25, 0.3) is 0 Å². The summed E-state index contributed by atoms with van der Waals surface area (Å²) in [6, 6.07) is -2.08. The van der Waals surface area contributed by atoms with Crippen molar-refractivity contribution in [2.75, 3.05) is 12.9 Å². The number of methoxy groups -OCH3 is 1. The number of nitrogens with one attached hydrogen (secondary N) is 1. The van der Waals surface area contributed by atoms with Gasteiger partial charge in [0.05, 0.1) is 12.5 Å². The molecule has 0 bridgehead atoms. The molecule has 0 saturated carbocycles. The van der Waals surface area contributed by atoms with Gasteiger partial charge < -0.3 is 15.0 Å². The van der Waals surface area contributed by atoms with Crippen molar-refractivity contribution in [3.63, 3.8) is 0 Å². The summed E-state index contributed by atoms with van der Waals surface area (Å²) in [6.07, 6.45) is -4.52. The normalized spacial score (nSPS) is 29.0. The molecule has 0 radical (unpaired) electrons. The third-order valence-electron chi connectivity index (χ3n) is 3.38. The van der Waals surface area contributed by atoms with Gasteiger partial charge in [-0.1, -0.05) is 0 Å². The topological polar surface area (TPSA) is 75.7 Å². The molecule has 1 N–H and O–H groups in total. The van der Waals surface area contributed by atoms with Crippen LogP contribution in [0.3, 0.4) is 0 Å². The molecule has 2 rings (SSSR count). The van der Waals surface area contributed by atoms with Gasteiger partial charge in [-0.15, -0.1) is 11.8 Å². The molecule has 2 saturated heterocycles. The number of carbonyl (C=O) groups excluding carboxylic acids is 3. The van der Waals surface area contributed by atoms with Gasteiger partial charge >= 0.3 is 18.1 Å². The molecule has 0 aliphatic carbocycles. The van der Waals surface area contributed by atoms with Crippen molar-refractivity contribution in [2.24, 2.45) is 0 Å². The highest BCUT2D eigenvalue weighted by molar-refractivity contribution is 8.00. The molecule has 2 amide bonds. The summed E-state index contributed by atoms with van der Waals surface area (Å²) in [7, 11) is 1.18. The Labute approximate surface area is 122 Å². The Balaban J connectivity index is 2.10. The zero-order valence-corrected chi connectivity index (χ0v) is 11.8. The van der Waals surface area contributed by atoms with Crippen LogP contribution in [0.1, 0.15) is 12.8 Å². The summed E-state index contributed by atoms with van der Waals surface area (Å²) in [6.45, 7) is 0. The number of hydrogen-bond acceptors (Lipinski definition) is 5. The van der Waals surface area contributed by atoms with E-state index >= 15 is 0 Å². The number of piperidine rings is 1. The molecular formula is C11H13F3N2O4S. The highest BCUT2D eigenvalue weighted by atomic mass is 32.2. The van der Waals surface area contributed by atoms with E-state index in [2.05, 4.69) is 4.74 Å². The number of ether oxygens (including phenoxy) is 1. The number of rotatable bonds is 2. The maximum atomic E-state index is 12.2. The number of nitrogens with zero attached hydrogens (tertiary/aromatic N) is 1. The Morgan fingerprint density at radius 2 is 2.05 bits per heavy atom. The Hall–Kier alpha value is -1.45. The minimum atomic E-state index is -5.04. The highest BCUT2D eigenvalue weighted by Crippen LogP contribution is 2.37. The molecule has 2 aliphatic heterocycles. The fourth-order valence-corrected chi connectivity index (χ4v) is 3.80. The largest absolute Gasteiger partial charge is 0.471 e. The summed E-state index contributed by atoms with van der Waals surface area (Å²) < 4.78 is 41.3. The predicted octanol–water partition coefficient (Wildman–Crippen LogP) is 0.270. The number of carbonyl (C=O) groups is 3. The van der Waals surface area contributed by atoms with Crippen LogP contribution < -0.4 is 5.32 Å². The lowest BCUT2D eigenvalue weighted by Gasteiger charge is -2.36. The van der Waals surface area contributed by atoms with Gasteiger partial charge in [-0.25, -0.2) is 4.79 Å². The average molecular weight is 326 g/mol. The maximum Gasteiger partial charge on any atom is 0.471 e. The first-order valence-corrected chi connectivity index (χ1v) is 7.20. The Bertz CT molecular complexity index is 471. The fraction of sp³-hybridized carbons (Fsp3) is 0.727. The van der Waals surface area contributed by atoms with Crippen LogP contribution in [0.15, 0.2) is 0 Å². The molecular weight excluding hydrogens is 313 g/mol. The van der Waals surface area contributed by atoms with Crippen molar-refractivity contribution in [3.8, 4) is 0 Å². The third kappa shape index (κ3) is 3.09. The van der Waals surface area contributed by atoms with Crippen molar-refractivity contribution in [1.29, 1.82) is 0 Å².